The smallest absolute Gasteiger partial charge is 0.0195 e. The van der Waals surface area contributed by atoms with E-state index >= 15 is 0 Å². The molecule has 1 heterocycles. The molecule has 1 saturated heterocycles. The molecule has 1 N–H and O–H groups in total. The predicted octanol–water partition coefficient (Wildman–Crippen LogP) is 3.81. The molecule has 2 aliphatic rings. The first-order chi connectivity index (χ1) is 9.29. The van der Waals surface area contributed by atoms with E-state index in [1.807, 2.05) is 0 Å². The van der Waals surface area contributed by atoms with Crippen molar-refractivity contribution in [2.75, 3.05) is 20.1 Å². The Morgan fingerprint density at radius 1 is 1.00 bits per heavy atom. The van der Waals surface area contributed by atoms with E-state index in [2.05, 4.69) is 24.2 Å². The lowest BCUT2D eigenvalue weighted by Crippen LogP contribution is -2.45. The maximum Gasteiger partial charge on any atom is 0.0195 e. The Balaban J connectivity index is 1.73. The lowest BCUT2D eigenvalue weighted by atomic mass is 9.95. The van der Waals surface area contributed by atoms with Gasteiger partial charge in [0.2, 0.25) is 0 Å². The highest BCUT2D eigenvalue weighted by atomic mass is 15.2. The molecule has 0 aromatic rings. The molecule has 0 bridgehead atoms. The summed E-state index contributed by atoms with van der Waals surface area (Å²) in [5.41, 5.74) is 0. The van der Waals surface area contributed by atoms with Gasteiger partial charge in [0.05, 0.1) is 0 Å². The van der Waals surface area contributed by atoms with Crippen molar-refractivity contribution >= 4 is 0 Å². The summed E-state index contributed by atoms with van der Waals surface area (Å²) < 4.78 is 0. The highest BCUT2D eigenvalue weighted by molar-refractivity contribution is 4.81. The average molecular weight is 266 g/mol. The largest absolute Gasteiger partial charge is 0.313 e. The quantitative estimate of drug-likeness (QED) is 0.761. The predicted molar refractivity (Wildman–Crippen MR) is 83.5 cm³/mol. The minimum Gasteiger partial charge on any atom is -0.313 e. The van der Waals surface area contributed by atoms with E-state index in [1.54, 1.807) is 0 Å². The fourth-order valence-corrected chi connectivity index (χ4v) is 4.07. The summed E-state index contributed by atoms with van der Waals surface area (Å²) in [6.07, 6.45) is 14.3. The Morgan fingerprint density at radius 3 is 2.63 bits per heavy atom. The van der Waals surface area contributed by atoms with E-state index in [0.29, 0.717) is 0 Å². The van der Waals surface area contributed by atoms with Crippen LogP contribution in [-0.2, 0) is 0 Å². The number of piperidine rings is 1. The van der Waals surface area contributed by atoms with Crippen LogP contribution in [0.25, 0.3) is 0 Å². The lowest BCUT2D eigenvalue weighted by molar-refractivity contribution is 0.185. The zero-order valence-corrected chi connectivity index (χ0v) is 13.2. The zero-order chi connectivity index (χ0) is 13.5. The van der Waals surface area contributed by atoms with Crippen molar-refractivity contribution in [1.29, 1.82) is 0 Å². The van der Waals surface area contributed by atoms with Gasteiger partial charge in [0.25, 0.3) is 0 Å². The van der Waals surface area contributed by atoms with Gasteiger partial charge in [-0.2, -0.15) is 0 Å². The summed E-state index contributed by atoms with van der Waals surface area (Å²) in [4.78, 5) is 2.66. The van der Waals surface area contributed by atoms with Crippen LogP contribution in [0.3, 0.4) is 0 Å². The van der Waals surface area contributed by atoms with Crippen LogP contribution in [0, 0.1) is 5.92 Å². The number of likely N-dealkylation sites (N-methyl/N-ethyl adjacent to an activating group) is 1. The first kappa shape index (κ1) is 15.3. The molecule has 2 heteroatoms. The molecule has 1 aliphatic carbocycles. The SMILES string of the molecule is CCCC1CCCC(N(C)CC2CCCCN2)CC1. The zero-order valence-electron chi connectivity index (χ0n) is 13.2. The topological polar surface area (TPSA) is 15.3 Å². The normalized spacial score (nSPS) is 33.3. The summed E-state index contributed by atoms with van der Waals surface area (Å²) in [5, 5.41) is 3.69. The maximum absolute atomic E-state index is 3.69. The Labute approximate surface area is 120 Å². The maximum atomic E-state index is 3.69. The molecule has 0 aromatic heterocycles. The van der Waals surface area contributed by atoms with Crippen LogP contribution in [0.15, 0.2) is 0 Å². The van der Waals surface area contributed by atoms with Gasteiger partial charge in [0, 0.05) is 18.6 Å². The highest BCUT2D eigenvalue weighted by Gasteiger charge is 2.23. The fraction of sp³-hybridized carbons (Fsp3) is 1.00. The number of rotatable bonds is 5. The van der Waals surface area contributed by atoms with Crippen molar-refractivity contribution < 1.29 is 0 Å². The van der Waals surface area contributed by atoms with Gasteiger partial charge < -0.3 is 10.2 Å². The lowest BCUT2D eigenvalue weighted by Gasteiger charge is -2.33. The van der Waals surface area contributed by atoms with Crippen LogP contribution in [-0.4, -0.2) is 37.1 Å². The van der Waals surface area contributed by atoms with Gasteiger partial charge in [-0.05, 0) is 51.6 Å². The molecular weight excluding hydrogens is 232 g/mol. The summed E-state index contributed by atoms with van der Waals surface area (Å²) in [7, 11) is 2.36. The molecule has 0 radical (unpaired) electrons. The summed E-state index contributed by atoms with van der Waals surface area (Å²) >= 11 is 0. The van der Waals surface area contributed by atoms with Crippen LogP contribution in [0.5, 0.6) is 0 Å². The van der Waals surface area contributed by atoms with Crippen LogP contribution in [0.2, 0.25) is 0 Å². The van der Waals surface area contributed by atoms with Crippen LogP contribution in [0.4, 0.5) is 0 Å². The van der Waals surface area contributed by atoms with Crippen LogP contribution in [0.1, 0.15) is 71.1 Å². The second kappa shape index (κ2) is 8.26. The van der Waals surface area contributed by atoms with E-state index in [0.717, 1.165) is 18.0 Å². The Morgan fingerprint density at radius 2 is 1.89 bits per heavy atom. The minimum atomic E-state index is 0.758. The van der Waals surface area contributed by atoms with Crippen molar-refractivity contribution in [3.63, 3.8) is 0 Å². The molecule has 112 valence electrons. The van der Waals surface area contributed by atoms with E-state index in [9.17, 15) is 0 Å². The van der Waals surface area contributed by atoms with Crippen molar-refractivity contribution in [3.8, 4) is 0 Å². The standard InChI is InChI=1S/C17H34N2/c1-3-7-15-8-6-10-17(12-11-15)19(2)14-16-9-4-5-13-18-16/h15-18H,3-14H2,1-2H3. The molecule has 2 fully saturated rings. The van der Waals surface area contributed by atoms with Crippen molar-refractivity contribution in [2.24, 2.45) is 5.92 Å². The Bertz CT molecular complexity index is 235. The second-order valence-electron chi connectivity index (χ2n) is 6.90. The molecule has 0 aromatic carbocycles. The van der Waals surface area contributed by atoms with Gasteiger partial charge in [0.15, 0.2) is 0 Å². The minimum absolute atomic E-state index is 0.758. The van der Waals surface area contributed by atoms with Gasteiger partial charge in [0.1, 0.15) is 0 Å². The Kier molecular flexibility index (Phi) is 6.66. The number of hydrogen-bond donors (Lipinski definition) is 1. The fourth-order valence-electron chi connectivity index (χ4n) is 4.07. The molecule has 3 unspecified atom stereocenters. The molecule has 2 rings (SSSR count). The average Bonchev–Trinajstić information content (AvgIpc) is 2.66. The molecule has 0 spiro atoms. The van der Waals surface area contributed by atoms with E-state index in [-0.39, 0.29) is 0 Å². The second-order valence-corrected chi connectivity index (χ2v) is 6.90. The van der Waals surface area contributed by atoms with E-state index < -0.39 is 0 Å². The molecular formula is C17H34N2. The van der Waals surface area contributed by atoms with Crippen molar-refractivity contribution in [1.82, 2.24) is 10.2 Å². The van der Waals surface area contributed by atoms with Gasteiger partial charge in [-0.25, -0.2) is 0 Å². The molecule has 1 saturated carbocycles. The highest BCUT2D eigenvalue weighted by Crippen LogP contribution is 2.28. The van der Waals surface area contributed by atoms with E-state index in [1.165, 1.54) is 77.3 Å². The third-order valence-corrected chi connectivity index (χ3v) is 5.30. The monoisotopic (exact) mass is 266 g/mol. The van der Waals surface area contributed by atoms with Gasteiger partial charge in [-0.15, -0.1) is 0 Å². The van der Waals surface area contributed by atoms with Crippen molar-refractivity contribution in [3.05, 3.63) is 0 Å². The first-order valence-electron chi connectivity index (χ1n) is 8.73. The number of nitrogens with zero attached hydrogens (tertiary/aromatic N) is 1. The van der Waals surface area contributed by atoms with Gasteiger partial charge in [-0.3, -0.25) is 0 Å². The van der Waals surface area contributed by atoms with Crippen LogP contribution >= 0.6 is 0 Å². The molecule has 1 aliphatic heterocycles. The molecule has 0 amide bonds. The van der Waals surface area contributed by atoms with Crippen molar-refractivity contribution in [2.45, 2.75) is 83.2 Å². The summed E-state index contributed by atoms with van der Waals surface area (Å²) in [5.74, 6) is 1.02. The third kappa shape index (κ3) is 5.07. The van der Waals surface area contributed by atoms with E-state index in [4.69, 9.17) is 0 Å². The molecule has 2 nitrogen and oxygen atoms in total. The Hall–Kier alpha value is -0.0800. The summed E-state index contributed by atoms with van der Waals surface area (Å²) in [6, 6.07) is 1.61. The number of nitrogens with one attached hydrogen (secondary N) is 1. The third-order valence-electron chi connectivity index (χ3n) is 5.30. The summed E-state index contributed by atoms with van der Waals surface area (Å²) in [6.45, 7) is 4.84. The van der Waals surface area contributed by atoms with Gasteiger partial charge >= 0.3 is 0 Å². The van der Waals surface area contributed by atoms with Crippen LogP contribution < -0.4 is 5.32 Å². The molecule has 3 atom stereocenters. The first-order valence-corrected chi connectivity index (χ1v) is 8.73. The molecule has 19 heavy (non-hydrogen) atoms. The number of hydrogen-bond acceptors (Lipinski definition) is 2. The van der Waals surface area contributed by atoms with Gasteiger partial charge in [-0.1, -0.05) is 39.0 Å².